The number of hydrogen-bond donors (Lipinski definition) is 0. The Morgan fingerprint density at radius 3 is 2.40 bits per heavy atom. The molecule has 1 heterocycles. The Balaban J connectivity index is 1.88. The van der Waals surface area contributed by atoms with Crippen molar-refractivity contribution in [1.82, 2.24) is 25.1 Å². The molecule has 0 aliphatic rings. The number of hydrogen-bond acceptors (Lipinski definition) is 4. The molecular formula is C20H19F4N5O. The third kappa shape index (κ3) is 4.81. The van der Waals surface area contributed by atoms with Gasteiger partial charge in [-0.05, 0) is 46.7 Å². The first-order valence-corrected chi connectivity index (χ1v) is 9.06. The molecule has 30 heavy (non-hydrogen) atoms. The number of likely N-dealkylation sites (N-methyl/N-ethyl adjacent to an activating group) is 1. The Labute approximate surface area is 170 Å². The van der Waals surface area contributed by atoms with E-state index in [9.17, 15) is 22.4 Å². The van der Waals surface area contributed by atoms with Crippen LogP contribution in [0.1, 0.15) is 28.6 Å². The number of aromatic nitrogens is 4. The standard InChI is InChI=1S/C20H19F4N5O/c1-13-25-26-27-29(13)18(11-14-7-9-16(21)10-8-14)19(30)28(2)12-15-5-3-4-6-17(15)20(22,23)24/h3-10,18H,11-12H2,1-2H3. The van der Waals surface area contributed by atoms with Gasteiger partial charge in [-0.3, -0.25) is 4.79 Å². The number of amides is 1. The molecule has 6 nitrogen and oxygen atoms in total. The molecule has 1 unspecified atom stereocenters. The summed E-state index contributed by atoms with van der Waals surface area (Å²) >= 11 is 0. The van der Waals surface area contributed by atoms with E-state index in [0.29, 0.717) is 11.4 Å². The van der Waals surface area contributed by atoms with E-state index in [1.54, 1.807) is 6.92 Å². The van der Waals surface area contributed by atoms with Crippen LogP contribution in [0.5, 0.6) is 0 Å². The van der Waals surface area contributed by atoms with Gasteiger partial charge in [-0.1, -0.05) is 30.3 Å². The molecule has 1 aromatic heterocycles. The van der Waals surface area contributed by atoms with Gasteiger partial charge in [0.2, 0.25) is 5.91 Å². The van der Waals surface area contributed by atoms with E-state index < -0.39 is 29.5 Å². The zero-order chi connectivity index (χ0) is 21.9. The summed E-state index contributed by atoms with van der Waals surface area (Å²) in [7, 11) is 1.42. The first kappa shape index (κ1) is 21.4. The van der Waals surface area contributed by atoms with E-state index in [1.807, 2.05) is 0 Å². The molecule has 0 saturated heterocycles. The minimum absolute atomic E-state index is 0.0187. The average Bonchev–Trinajstić information content (AvgIpc) is 3.12. The van der Waals surface area contributed by atoms with Gasteiger partial charge in [0.25, 0.3) is 0 Å². The topological polar surface area (TPSA) is 63.9 Å². The Bertz CT molecular complexity index is 1020. The summed E-state index contributed by atoms with van der Waals surface area (Å²) in [5.41, 5.74) is -0.151. The molecular weight excluding hydrogens is 402 g/mol. The predicted octanol–water partition coefficient (Wildman–Crippen LogP) is 3.58. The smallest absolute Gasteiger partial charge is 0.340 e. The van der Waals surface area contributed by atoms with Crippen LogP contribution in [0.25, 0.3) is 0 Å². The highest BCUT2D eigenvalue weighted by Crippen LogP contribution is 2.32. The fourth-order valence-electron chi connectivity index (χ4n) is 3.17. The third-order valence-electron chi connectivity index (χ3n) is 4.69. The molecule has 0 aliphatic carbocycles. The van der Waals surface area contributed by atoms with Gasteiger partial charge in [-0.25, -0.2) is 9.07 Å². The number of alkyl halides is 3. The molecule has 0 aliphatic heterocycles. The molecule has 0 spiro atoms. The Morgan fingerprint density at radius 2 is 1.80 bits per heavy atom. The minimum Gasteiger partial charge on any atom is -0.340 e. The lowest BCUT2D eigenvalue weighted by Crippen LogP contribution is -2.36. The lowest BCUT2D eigenvalue weighted by molar-refractivity contribution is -0.140. The minimum atomic E-state index is -4.53. The number of rotatable bonds is 6. The fourth-order valence-corrected chi connectivity index (χ4v) is 3.17. The predicted molar refractivity (Wildman–Crippen MR) is 99.6 cm³/mol. The van der Waals surface area contributed by atoms with E-state index in [0.717, 1.165) is 6.07 Å². The number of tetrazole rings is 1. The average molecular weight is 421 g/mol. The van der Waals surface area contributed by atoms with Crippen molar-refractivity contribution in [2.75, 3.05) is 7.05 Å². The van der Waals surface area contributed by atoms with Crippen molar-refractivity contribution in [3.63, 3.8) is 0 Å². The molecule has 1 amide bonds. The van der Waals surface area contributed by atoms with Gasteiger partial charge < -0.3 is 4.90 Å². The Hall–Kier alpha value is -3.30. The molecule has 2 aromatic carbocycles. The number of carbonyl (C=O) groups excluding carboxylic acids is 1. The lowest BCUT2D eigenvalue weighted by Gasteiger charge is -2.25. The zero-order valence-electron chi connectivity index (χ0n) is 16.3. The van der Waals surface area contributed by atoms with Gasteiger partial charge in [0.15, 0.2) is 0 Å². The Morgan fingerprint density at radius 1 is 1.13 bits per heavy atom. The molecule has 0 radical (unpaired) electrons. The SMILES string of the molecule is Cc1nnnn1C(Cc1ccc(F)cc1)C(=O)N(C)Cc1ccccc1C(F)(F)F. The largest absolute Gasteiger partial charge is 0.416 e. The van der Waals surface area contributed by atoms with Crippen LogP contribution >= 0.6 is 0 Å². The number of halogens is 4. The summed E-state index contributed by atoms with van der Waals surface area (Å²) in [6.45, 7) is 1.37. The highest BCUT2D eigenvalue weighted by molar-refractivity contribution is 5.80. The first-order valence-electron chi connectivity index (χ1n) is 9.06. The summed E-state index contributed by atoms with van der Waals surface area (Å²) in [6.07, 6.45) is -4.38. The van der Waals surface area contributed by atoms with Crippen LogP contribution in [-0.4, -0.2) is 38.1 Å². The first-order chi connectivity index (χ1) is 14.2. The van der Waals surface area contributed by atoms with Crippen LogP contribution in [0, 0.1) is 12.7 Å². The van der Waals surface area contributed by atoms with Crippen molar-refractivity contribution in [3.05, 3.63) is 76.9 Å². The molecule has 0 fully saturated rings. The maximum Gasteiger partial charge on any atom is 0.416 e. The van der Waals surface area contributed by atoms with Crippen LogP contribution < -0.4 is 0 Å². The second kappa shape index (κ2) is 8.60. The number of benzene rings is 2. The second-order valence-electron chi connectivity index (χ2n) is 6.87. The van der Waals surface area contributed by atoms with Gasteiger partial charge >= 0.3 is 6.18 Å². The van der Waals surface area contributed by atoms with E-state index >= 15 is 0 Å². The quantitative estimate of drug-likeness (QED) is 0.571. The van der Waals surface area contributed by atoms with Crippen molar-refractivity contribution in [2.45, 2.75) is 32.1 Å². The zero-order valence-corrected chi connectivity index (χ0v) is 16.3. The van der Waals surface area contributed by atoms with Crippen LogP contribution in [-0.2, 0) is 23.9 Å². The molecule has 0 saturated carbocycles. The van der Waals surface area contributed by atoms with E-state index in [-0.39, 0.29) is 18.5 Å². The van der Waals surface area contributed by atoms with Gasteiger partial charge in [-0.15, -0.1) is 5.10 Å². The van der Waals surface area contributed by atoms with Gasteiger partial charge in [0.05, 0.1) is 5.56 Å². The number of aryl methyl sites for hydroxylation is 1. The molecule has 0 bridgehead atoms. The molecule has 10 heteroatoms. The van der Waals surface area contributed by atoms with Gasteiger partial charge in [0.1, 0.15) is 17.7 Å². The summed E-state index contributed by atoms with van der Waals surface area (Å²) in [5, 5.41) is 11.2. The molecule has 3 rings (SSSR count). The number of carbonyl (C=O) groups is 1. The second-order valence-corrected chi connectivity index (χ2v) is 6.87. The van der Waals surface area contributed by atoms with Crippen molar-refractivity contribution >= 4 is 5.91 Å². The van der Waals surface area contributed by atoms with Crippen LogP contribution in [0.15, 0.2) is 48.5 Å². The molecule has 0 N–H and O–H groups in total. The maximum atomic E-state index is 13.3. The van der Waals surface area contributed by atoms with Crippen LogP contribution in [0.2, 0.25) is 0 Å². The molecule has 1 atom stereocenters. The van der Waals surface area contributed by atoms with E-state index in [1.165, 1.54) is 59.1 Å². The fraction of sp³-hybridized carbons (Fsp3) is 0.300. The van der Waals surface area contributed by atoms with Gasteiger partial charge in [0, 0.05) is 20.0 Å². The van der Waals surface area contributed by atoms with E-state index in [2.05, 4.69) is 15.5 Å². The summed E-state index contributed by atoms with van der Waals surface area (Å²) in [6, 6.07) is 9.83. The van der Waals surface area contributed by atoms with Crippen molar-refractivity contribution < 1.29 is 22.4 Å². The van der Waals surface area contributed by atoms with Crippen molar-refractivity contribution in [2.24, 2.45) is 0 Å². The van der Waals surface area contributed by atoms with Crippen molar-refractivity contribution in [3.8, 4) is 0 Å². The van der Waals surface area contributed by atoms with Crippen LogP contribution in [0.3, 0.4) is 0 Å². The number of nitrogens with zero attached hydrogens (tertiary/aromatic N) is 5. The molecule has 3 aromatic rings. The Kier molecular flexibility index (Phi) is 6.14. The molecule has 158 valence electrons. The highest BCUT2D eigenvalue weighted by Gasteiger charge is 2.34. The summed E-state index contributed by atoms with van der Waals surface area (Å²) in [4.78, 5) is 14.4. The highest BCUT2D eigenvalue weighted by atomic mass is 19.4. The van der Waals surface area contributed by atoms with E-state index in [4.69, 9.17) is 0 Å². The third-order valence-corrected chi connectivity index (χ3v) is 4.69. The van der Waals surface area contributed by atoms with Crippen molar-refractivity contribution in [1.29, 1.82) is 0 Å². The van der Waals surface area contributed by atoms with Gasteiger partial charge in [-0.2, -0.15) is 13.2 Å². The summed E-state index contributed by atoms with van der Waals surface area (Å²) < 4.78 is 54.4. The lowest BCUT2D eigenvalue weighted by atomic mass is 10.0. The van der Waals surface area contributed by atoms with Crippen LogP contribution in [0.4, 0.5) is 17.6 Å². The maximum absolute atomic E-state index is 13.3. The monoisotopic (exact) mass is 421 g/mol. The normalized spacial score (nSPS) is 12.6. The summed E-state index contributed by atoms with van der Waals surface area (Å²) in [5.74, 6) is -0.507.